The van der Waals surface area contributed by atoms with Gasteiger partial charge in [0.05, 0.1) is 6.10 Å². The first kappa shape index (κ1) is 14.9. The molecule has 0 amide bonds. The average Bonchev–Trinajstić information content (AvgIpc) is 3.20. The molecule has 2 fully saturated rings. The fraction of sp³-hybridized carbons (Fsp3) is 0.667. The van der Waals surface area contributed by atoms with Crippen molar-refractivity contribution in [2.75, 3.05) is 19.6 Å². The molecule has 116 valence electrons. The van der Waals surface area contributed by atoms with Gasteiger partial charge in [-0.2, -0.15) is 0 Å². The van der Waals surface area contributed by atoms with E-state index in [1.807, 2.05) is 6.07 Å². The quantitative estimate of drug-likeness (QED) is 0.834. The van der Waals surface area contributed by atoms with Gasteiger partial charge in [-0.15, -0.1) is 0 Å². The monoisotopic (exact) mass is 288 g/mol. The van der Waals surface area contributed by atoms with Crippen molar-refractivity contribution >= 4 is 0 Å². The molecule has 0 aromatic heterocycles. The van der Waals surface area contributed by atoms with Gasteiger partial charge in [-0.3, -0.25) is 0 Å². The van der Waals surface area contributed by atoms with E-state index < -0.39 is 0 Å². The van der Waals surface area contributed by atoms with Crippen molar-refractivity contribution in [3.8, 4) is 5.75 Å². The SMILES string of the molecule is CC(C)Oc1ccccc1CNCC1CCN(C2CC2)C1. The van der Waals surface area contributed by atoms with Gasteiger partial charge in [-0.25, -0.2) is 0 Å². The summed E-state index contributed by atoms with van der Waals surface area (Å²) in [5.41, 5.74) is 1.27. The smallest absolute Gasteiger partial charge is 0.124 e. The van der Waals surface area contributed by atoms with Crippen LogP contribution in [-0.2, 0) is 6.54 Å². The lowest BCUT2D eigenvalue weighted by atomic mass is 10.1. The topological polar surface area (TPSA) is 24.5 Å². The van der Waals surface area contributed by atoms with E-state index in [-0.39, 0.29) is 6.10 Å². The highest BCUT2D eigenvalue weighted by Crippen LogP contribution is 2.31. The Morgan fingerprint density at radius 2 is 2.05 bits per heavy atom. The summed E-state index contributed by atoms with van der Waals surface area (Å²) in [5, 5.41) is 3.63. The Morgan fingerprint density at radius 1 is 1.24 bits per heavy atom. The zero-order chi connectivity index (χ0) is 14.7. The third-order valence-electron chi connectivity index (χ3n) is 4.46. The fourth-order valence-corrected chi connectivity index (χ4v) is 3.23. The number of hydrogen-bond acceptors (Lipinski definition) is 3. The van der Waals surface area contributed by atoms with E-state index >= 15 is 0 Å². The van der Waals surface area contributed by atoms with Gasteiger partial charge in [-0.05, 0) is 58.2 Å². The first-order chi connectivity index (χ1) is 10.2. The van der Waals surface area contributed by atoms with Gasteiger partial charge in [0.25, 0.3) is 0 Å². The maximum absolute atomic E-state index is 5.88. The number of nitrogens with zero attached hydrogens (tertiary/aromatic N) is 1. The molecule has 1 N–H and O–H groups in total. The third kappa shape index (κ3) is 4.21. The first-order valence-electron chi connectivity index (χ1n) is 8.41. The van der Waals surface area contributed by atoms with Gasteiger partial charge in [-0.1, -0.05) is 18.2 Å². The molecule has 0 bridgehead atoms. The van der Waals surface area contributed by atoms with Crippen LogP contribution in [0.3, 0.4) is 0 Å². The molecule has 2 aliphatic rings. The van der Waals surface area contributed by atoms with Crippen molar-refractivity contribution in [1.29, 1.82) is 0 Å². The Hall–Kier alpha value is -1.06. The molecule has 1 heterocycles. The van der Waals surface area contributed by atoms with E-state index in [9.17, 15) is 0 Å². The summed E-state index contributed by atoms with van der Waals surface area (Å²) in [6, 6.07) is 9.30. The van der Waals surface area contributed by atoms with Crippen molar-refractivity contribution in [2.45, 2.75) is 51.8 Å². The van der Waals surface area contributed by atoms with E-state index in [0.717, 1.165) is 30.8 Å². The minimum Gasteiger partial charge on any atom is -0.491 e. The van der Waals surface area contributed by atoms with Gasteiger partial charge < -0.3 is 15.0 Å². The number of hydrogen-bond donors (Lipinski definition) is 1. The number of rotatable bonds is 7. The maximum atomic E-state index is 5.88. The fourth-order valence-electron chi connectivity index (χ4n) is 3.23. The molecule has 0 spiro atoms. The van der Waals surface area contributed by atoms with Crippen LogP contribution in [-0.4, -0.2) is 36.7 Å². The normalized spacial score (nSPS) is 22.9. The second kappa shape index (κ2) is 6.80. The Balaban J connectivity index is 1.45. The molecule has 1 aliphatic carbocycles. The van der Waals surface area contributed by atoms with Crippen LogP contribution >= 0.6 is 0 Å². The van der Waals surface area contributed by atoms with Crippen LogP contribution in [0.25, 0.3) is 0 Å². The van der Waals surface area contributed by atoms with Gasteiger partial charge in [0.2, 0.25) is 0 Å². The lowest BCUT2D eigenvalue weighted by molar-refractivity contribution is 0.239. The lowest BCUT2D eigenvalue weighted by Gasteiger charge is -2.17. The van der Waals surface area contributed by atoms with E-state index in [0.29, 0.717) is 0 Å². The third-order valence-corrected chi connectivity index (χ3v) is 4.46. The second-order valence-corrected chi connectivity index (χ2v) is 6.79. The predicted octanol–water partition coefficient (Wildman–Crippen LogP) is 3.05. The average molecular weight is 288 g/mol. The van der Waals surface area contributed by atoms with Crippen molar-refractivity contribution in [3.05, 3.63) is 29.8 Å². The molecule has 1 atom stereocenters. The maximum Gasteiger partial charge on any atom is 0.124 e. The Bertz CT molecular complexity index is 456. The minimum absolute atomic E-state index is 0.230. The van der Waals surface area contributed by atoms with Crippen LogP contribution in [0.1, 0.15) is 38.7 Å². The predicted molar refractivity (Wildman–Crippen MR) is 86.6 cm³/mol. The van der Waals surface area contributed by atoms with Crippen LogP contribution in [0.5, 0.6) is 5.75 Å². The second-order valence-electron chi connectivity index (χ2n) is 6.79. The van der Waals surface area contributed by atoms with Crippen LogP contribution in [0.4, 0.5) is 0 Å². The summed E-state index contributed by atoms with van der Waals surface area (Å²) in [5.74, 6) is 1.84. The molecule has 3 rings (SSSR count). The molecule has 0 radical (unpaired) electrons. The summed E-state index contributed by atoms with van der Waals surface area (Å²) in [7, 11) is 0. The molecule has 3 nitrogen and oxygen atoms in total. The molecule has 21 heavy (non-hydrogen) atoms. The van der Waals surface area contributed by atoms with E-state index in [4.69, 9.17) is 4.74 Å². The van der Waals surface area contributed by atoms with Crippen molar-refractivity contribution in [2.24, 2.45) is 5.92 Å². The van der Waals surface area contributed by atoms with E-state index in [1.54, 1.807) is 0 Å². The number of para-hydroxylation sites is 1. The standard InChI is InChI=1S/C18H28N2O/c1-14(2)21-18-6-4-3-5-16(18)12-19-11-15-9-10-20(13-15)17-7-8-17/h3-6,14-15,17,19H,7-13H2,1-2H3. The molecule has 3 heteroatoms. The van der Waals surface area contributed by atoms with Crippen molar-refractivity contribution in [1.82, 2.24) is 10.2 Å². The minimum atomic E-state index is 0.230. The Kier molecular flexibility index (Phi) is 4.81. The van der Waals surface area contributed by atoms with Gasteiger partial charge in [0, 0.05) is 24.7 Å². The highest BCUT2D eigenvalue weighted by atomic mass is 16.5. The van der Waals surface area contributed by atoms with E-state index in [1.165, 1.54) is 37.9 Å². The van der Waals surface area contributed by atoms with Gasteiger partial charge in [0.1, 0.15) is 5.75 Å². The zero-order valence-corrected chi connectivity index (χ0v) is 13.3. The molecule has 1 unspecified atom stereocenters. The number of ether oxygens (including phenoxy) is 1. The first-order valence-corrected chi connectivity index (χ1v) is 8.41. The lowest BCUT2D eigenvalue weighted by Crippen LogP contribution is -2.27. The molecule has 1 aliphatic heterocycles. The molecule has 1 saturated carbocycles. The summed E-state index contributed by atoms with van der Waals surface area (Å²) in [4.78, 5) is 2.68. The molecule has 1 saturated heterocycles. The number of benzene rings is 1. The number of likely N-dealkylation sites (tertiary alicyclic amines) is 1. The molecular formula is C18H28N2O. The van der Waals surface area contributed by atoms with Gasteiger partial charge >= 0.3 is 0 Å². The number of nitrogens with one attached hydrogen (secondary N) is 1. The molecular weight excluding hydrogens is 260 g/mol. The summed E-state index contributed by atoms with van der Waals surface area (Å²) < 4.78 is 5.88. The highest BCUT2D eigenvalue weighted by Gasteiger charge is 2.33. The van der Waals surface area contributed by atoms with Gasteiger partial charge in [0.15, 0.2) is 0 Å². The van der Waals surface area contributed by atoms with E-state index in [2.05, 4.69) is 42.3 Å². The van der Waals surface area contributed by atoms with Crippen LogP contribution in [0.15, 0.2) is 24.3 Å². The molecule has 1 aromatic rings. The summed E-state index contributed by atoms with van der Waals surface area (Å²) in [6.07, 6.45) is 4.45. The highest BCUT2D eigenvalue weighted by molar-refractivity contribution is 5.33. The van der Waals surface area contributed by atoms with Crippen LogP contribution in [0.2, 0.25) is 0 Å². The molecule has 1 aromatic carbocycles. The Labute approximate surface area is 128 Å². The van der Waals surface area contributed by atoms with Crippen molar-refractivity contribution < 1.29 is 4.74 Å². The summed E-state index contributed by atoms with van der Waals surface area (Å²) in [6.45, 7) is 8.79. The summed E-state index contributed by atoms with van der Waals surface area (Å²) >= 11 is 0. The van der Waals surface area contributed by atoms with Crippen LogP contribution < -0.4 is 10.1 Å². The van der Waals surface area contributed by atoms with Crippen molar-refractivity contribution in [3.63, 3.8) is 0 Å². The Morgan fingerprint density at radius 3 is 2.81 bits per heavy atom. The zero-order valence-electron chi connectivity index (χ0n) is 13.3. The largest absolute Gasteiger partial charge is 0.491 e. The van der Waals surface area contributed by atoms with Crippen LogP contribution in [0, 0.1) is 5.92 Å².